The second-order valence-electron chi connectivity index (χ2n) is 4.61. The predicted molar refractivity (Wildman–Crippen MR) is 74.4 cm³/mol. The van der Waals surface area contributed by atoms with Crippen LogP contribution in [0.4, 0.5) is 4.39 Å². The van der Waals surface area contributed by atoms with Gasteiger partial charge in [0, 0.05) is 5.56 Å². The summed E-state index contributed by atoms with van der Waals surface area (Å²) in [4.78, 5) is 11.0. The van der Waals surface area contributed by atoms with Gasteiger partial charge in [-0.1, -0.05) is 24.9 Å². The highest BCUT2D eigenvalue weighted by Gasteiger charge is 2.22. The molecule has 0 aliphatic rings. The Morgan fingerprint density at radius 2 is 2.29 bits per heavy atom. The fourth-order valence-electron chi connectivity index (χ4n) is 2.13. The third-order valence-corrected chi connectivity index (χ3v) is 3.36. The van der Waals surface area contributed by atoms with Gasteiger partial charge in [-0.3, -0.25) is 4.79 Å². The van der Waals surface area contributed by atoms with E-state index in [1.165, 1.54) is 22.9 Å². The van der Waals surface area contributed by atoms with Gasteiger partial charge in [-0.15, -0.1) is 5.10 Å². The van der Waals surface area contributed by atoms with Crippen LogP contribution in [0.5, 0.6) is 0 Å². The summed E-state index contributed by atoms with van der Waals surface area (Å²) in [5.74, 6) is -1.06. The summed E-state index contributed by atoms with van der Waals surface area (Å²) in [5.41, 5.74) is 0.467. The summed E-state index contributed by atoms with van der Waals surface area (Å²) in [7, 11) is 0. The van der Waals surface area contributed by atoms with Crippen molar-refractivity contribution in [2.24, 2.45) is 0 Å². The van der Waals surface area contributed by atoms with E-state index in [-0.39, 0.29) is 17.5 Å². The van der Waals surface area contributed by atoms with E-state index >= 15 is 0 Å². The lowest BCUT2D eigenvalue weighted by molar-refractivity contribution is -0.138. The van der Waals surface area contributed by atoms with Crippen LogP contribution in [0.25, 0.3) is 11.4 Å². The molecule has 1 aromatic heterocycles. The highest BCUT2D eigenvalue weighted by atomic mass is 35.5. The molecule has 1 heterocycles. The maximum atomic E-state index is 13.1. The van der Waals surface area contributed by atoms with Gasteiger partial charge >= 0.3 is 5.97 Å². The Morgan fingerprint density at radius 1 is 1.52 bits per heavy atom. The second kappa shape index (κ2) is 6.62. The van der Waals surface area contributed by atoms with Crippen LogP contribution in [-0.4, -0.2) is 31.3 Å². The van der Waals surface area contributed by atoms with Crippen molar-refractivity contribution in [1.82, 2.24) is 20.2 Å². The van der Waals surface area contributed by atoms with Crippen molar-refractivity contribution in [3.63, 3.8) is 0 Å². The monoisotopic (exact) mass is 312 g/mol. The van der Waals surface area contributed by atoms with Gasteiger partial charge in [0.25, 0.3) is 0 Å². The molecule has 0 radical (unpaired) electrons. The zero-order valence-corrected chi connectivity index (χ0v) is 12.1. The third-order valence-electron chi connectivity index (χ3n) is 3.04. The van der Waals surface area contributed by atoms with E-state index in [4.69, 9.17) is 16.7 Å². The predicted octanol–water partition coefficient (Wildman–Crippen LogP) is 2.95. The van der Waals surface area contributed by atoms with Crippen LogP contribution < -0.4 is 0 Å². The van der Waals surface area contributed by atoms with Crippen LogP contribution in [0, 0.1) is 5.82 Å². The van der Waals surface area contributed by atoms with Gasteiger partial charge in [0.2, 0.25) is 0 Å². The number of aliphatic carboxylic acids is 1. The first-order valence-corrected chi connectivity index (χ1v) is 6.85. The molecule has 0 amide bonds. The Kier molecular flexibility index (Phi) is 4.85. The van der Waals surface area contributed by atoms with Crippen LogP contribution in [0.15, 0.2) is 18.2 Å². The number of hydrogen-bond donors (Lipinski definition) is 1. The normalized spacial score (nSPS) is 12.3. The molecule has 1 unspecified atom stereocenters. The summed E-state index contributed by atoms with van der Waals surface area (Å²) in [5, 5.41) is 20.5. The van der Waals surface area contributed by atoms with Crippen molar-refractivity contribution in [3.8, 4) is 11.4 Å². The van der Waals surface area contributed by atoms with Crippen molar-refractivity contribution >= 4 is 17.6 Å². The van der Waals surface area contributed by atoms with Gasteiger partial charge < -0.3 is 5.11 Å². The topological polar surface area (TPSA) is 80.9 Å². The molecule has 1 aromatic carbocycles. The SMILES string of the molecule is CCCC(CC(=O)O)n1nnnc1-c1ccc(F)cc1Cl. The number of halogens is 2. The molecule has 2 rings (SSSR count). The highest BCUT2D eigenvalue weighted by molar-refractivity contribution is 6.33. The molecule has 112 valence electrons. The van der Waals surface area contributed by atoms with Crippen molar-refractivity contribution < 1.29 is 14.3 Å². The molecule has 0 aliphatic carbocycles. The summed E-state index contributed by atoms with van der Waals surface area (Å²) < 4.78 is 14.6. The van der Waals surface area contributed by atoms with E-state index in [0.29, 0.717) is 17.8 Å². The number of nitrogens with zero attached hydrogens (tertiary/aromatic N) is 4. The molecular formula is C13H14ClFN4O2. The zero-order chi connectivity index (χ0) is 15.4. The first-order valence-electron chi connectivity index (χ1n) is 6.48. The van der Waals surface area contributed by atoms with Gasteiger partial charge in [-0.25, -0.2) is 9.07 Å². The van der Waals surface area contributed by atoms with E-state index in [1.807, 2.05) is 6.92 Å². The van der Waals surface area contributed by atoms with Crippen LogP contribution in [0.1, 0.15) is 32.2 Å². The Labute approximate surface area is 125 Å². The highest BCUT2D eigenvalue weighted by Crippen LogP contribution is 2.29. The van der Waals surface area contributed by atoms with E-state index in [9.17, 15) is 9.18 Å². The number of rotatable bonds is 6. The maximum Gasteiger partial charge on any atom is 0.305 e. The van der Waals surface area contributed by atoms with Gasteiger partial charge in [0.15, 0.2) is 5.82 Å². The molecule has 2 aromatic rings. The second-order valence-corrected chi connectivity index (χ2v) is 5.02. The van der Waals surface area contributed by atoms with Crippen LogP contribution in [0.3, 0.4) is 0 Å². The van der Waals surface area contributed by atoms with Crippen molar-refractivity contribution in [2.45, 2.75) is 32.2 Å². The Hall–Kier alpha value is -2.02. The lowest BCUT2D eigenvalue weighted by Gasteiger charge is -2.16. The molecule has 0 fully saturated rings. The molecule has 0 spiro atoms. The lowest BCUT2D eigenvalue weighted by atomic mass is 10.1. The number of aromatic nitrogens is 4. The summed E-state index contributed by atoms with van der Waals surface area (Å²) in [6.07, 6.45) is 1.31. The summed E-state index contributed by atoms with van der Waals surface area (Å²) >= 11 is 6.02. The van der Waals surface area contributed by atoms with Crippen LogP contribution >= 0.6 is 11.6 Å². The molecule has 0 saturated heterocycles. The Morgan fingerprint density at radius 3 is 2.90 bits per heavy atom. The van der Waals surface area contributed by atoms with Crippen LogP contribution in [0.2, 0.25) is 5.02 Å². The number of benzene rings is 1. The molecule has 0 saturated carbocycles. The van der Waals surface area contributed by atoms with Crippen molar-refractivity contribution in [3.05, 3.63) is 29.0 Å². The average Bonchev–Trinajstić information content (AvgIpc) is 2.86. The fraction of sp³-hybridized carbons (Fsp3) is 0.385. The van der Waals surface area contributed by atoms with Crippen LogP contribution in [-0.2, 0) is 4.79 Å². The molecule has 8 heteroatoms. The minimum Gasteiger partial charge on any atom is -0.481 e. The summed E-state index contributed by atoms with van der Waals surface area (Å²) in [6.45, 7) is 1.95. The Bertz CT molecular complexity index is 647. The first-order chi connectivity index (χ1) is 10.0. The molecule has 0 bridgehead atoms. The first kappa shape index (κ1) is 15.4. The number of carboxylic acid groups (broad SMARTS) is 1. The number of hydrogen-bond acceptors (Lipinski definition) is 4. The van der Waals surface area contributed by atoms with E-state index in [2.05, 4.69) is 15.5 Å². The van der Waals surface area contributed by atoms with E-state index < -0.39 is 11.8 Å². The standard InChI is InChI=1S/C13H14ClFN4O2/c1-2-3-9(7-12(20)21)19-13(16-17-18-19)10-5-4-8(15)6-11(10)14/h4-6,9H,2-3,7H2,1H3,(H,20,21). The minimum absolute atomic E-state index is 0.0926. The Balaban J connectivity index is 2.42. The number of carboxylic acids is 1. The molecule has 1 atom stereocenters. The van der Waals surface area contributed by atoms with E-state index in [0.717, 1.165) is 6.42 Å². The maximum absolute atomic E-state index is 13.1. The molecule has 1 N–H and O–H groups in total. The van der Waals surface area contributed by atoms with Crippen molar-refractivity contribution in [2.75, 3.05) is 0 Å². The minimum atomic E-state index is -0.930. The number of carbonyl (C=O) groups is 1. The summed E-state index contributed by atoms with van der Waals surface area (Å²) in [6, 6.07) is 3.52. The molecule has 0 aliphatic heterocycles. The molecule has 21 heavy (non-hydrogen) atoms. The molecular weight excluding hydrogens is 299 g/mol. The smallest absolute Gasteiger partial charge is 0.305 e. The van der Waals surface area contributed by atoms with Gasteiger partial charge in [-0.2, -0.15) is 0 Å². The lowest BCUT2D eigenvalue weighted by Crippen LogP contribution is -2.16. The quantitative estimate of drug-likeness (QED) is 0.887. The van der Waals surface area contributed by atoms with Gasteiger partial charge in [0.1, 0.15) is 5.82 Å². The van der Waals surface area contributed by atoms with Crippen molar-refractivity contribution in [1.29, 1.82) is 0 Å². The third kappa shape index (κ3) is 3.55. The number of tetrazole rings is 1. The average molecular weight is 313 g/mol. The molecule has 6 nitrogen and oxygen atoms in total. The van der Waals surface area contributed by atoms with Gasteiger partial charge in [-0.05, 0) is 35.0 Å². The van der Waals surface area contributed by atoms with E-state index in [1.54, 1.807) is 0 Å². The largest absolute Gasteiger partial charge is 0.481 e. The zero-order valence-electron chi connectivity index (χ0n) is 11.3. The fourth-order valence-corrected chi connectivity index (χ4v) is 2.39. The van der Waals surface area contributed by atoms with Gasteiger partial charge in [0.05, 0.1) is 17.5 Å².